The second-order valence-electron chi connectivity index (χ2n) is 2.98. The molecule has 0 aliphatic carbocycles. The molecule has 0 atom stereocenters. The van der Waals surface area contributed by atoms with Crippen LogP contribution in [0, 0.1) is 0 Å². The molecular weight excluding hydrogens is 138 g/mol. The van der Waals surface area contributed by atoms with Crippen LogP contribution in [0.4, 0.5) is 5.69 Å². The molecular formula is C9H11NO. The van der Waals surface area contributed by atoms with E-state index in [9.17, 15) is 5.11 Å². The van der Waals surface area contributed by atoms with Gasteiger partial charge in [-0.05, 0) is 18.1 Å². The van der Waals surface area contributed by atoms with Crippen LogP contribution in [-0.4, -0.2) is 18.7 Å². The molecule has 1 aromatic rings. The Bertz CT molecular complexity index is 283. The quantitative estimate of drug-likeness (QED) is 0.602. The third-order valence-corrected chi connectivity index (χ3v) is 2.20. The lowest BCUT2D eigenvalue weighted by Gasteiger charge is -2.11. The highest BCUT2D eigenvalue weighted by Gasteiger charge is 2.14. The molecule has 2 rings (SSSR count). The van der Waals surface area contributed by atoms with Crippen LogP contribution in [0.3, 0.4) is 0 Å². The maximum Gasteiger partial charge on any atom is 0.117 e. The van der Waals surface area contributed by atoms with Crippen LogP contribution in [0.5, 0.6) is 5.75 Å². The van der Waals surface area contributed by atoms with Crippen LogP contribution in [-0.2, 0) is 6.42 Å². The highest BCUT2D eigenvalue weighted by atomic mass is 16.3. The van der Waals surface area contributed by atoms with E-state index in [1.165, 1.54) is 11.3 Å². The van der Waals surface area contributed by atoms with Gasteiger partial charge in [-0.25, -0.2) is 0 Å². The molecule has 0 unspecified atom stereocenters. The van der Waals surface area contributed by atoms with Gasteiger partial charge in [0.1, 0.15) is 5.75 Å². The lowest BCUT2D eigenvalue weighted by molar-refractivity contribution is 0.475. The molecule has 1 aliphatic rings. The standard InChI is InChI=1S/C9H11NO/c1-10-5-4-7-2-3-8(11)6-9(7)10/h2-3,6,11H,4-5H2,1H3. The van der Waals surface area contributed by atoms with Crippen LogP contribution < -0.4 is 4.90 Å². The Labute approximate surface area is 66.1 Å². The fourth-order valence-electron chi connectivity index (χ4n) is 1.53. The molecule has 0 saturated heterocycles. The maximum absolute atomic E-state index is 9.19. The summed E-state index contributed by atoms with van der Waals surface area (Å²) in [6.45, 7) is 1.07. The molecule has 1 aromatic carbocycles. The SMILES string of the molecule is CN1CCc2ccc(O)cc21. The molecule has 1 aliphatic heterocycles. The van der Waals surface area contributed by atoms with Crippen LogP contribution in [0.15, 0.2) is 18.2 Å². The summed E-state index contributed by atoms with van der Waals surface area (Å²) in [5.74, 6) is 0.359. The second-order valence-corrected chi connectivity index (χ2v) is 2.98. The van der Waals surface area contributed by atoms with Crippen molar-refractivity contribution in [2.75, 3.05) is 18.5 Å². The van der Waals surface area contributed by atoms with Gasteiger partial charge in [0.05, 0.1) is 0 Å². The molecule has 0 amide bonds. The minimum atomic E-state index is 0.359. The monoisotopic (exact) mass is 149 g/mol. The van der Waals surface area contributed by atoms with Crippen molar-refractivity contribution >= 4 is 5.69 Å². The predicted octanol–water partition coefficient (Wildman–Crippen LogP) is 1.38. The molecule has 2 heteroatoms. The van der Waals surface area contributed by atoms with Gasteiger partial charge in [-0.1, -0.05) is 6.07 Å². The van der Waals surface area contributed by atoms with E-state index in [0.717, 1.165) is 13.0 Å². The molecule has 58 valence electrons. The van der Waals surface area contributed by atoms with E-state index in [-0.39, 0.29) is 0 Å². The smallest absolute Gasteiger partial charge is 0.117 e. The zero-order valence-electron chi connectivity index (χ0n) is 6.54. The number of likely N-dealkylation sites (N-methyl/N-ethyl adjacent to an activating group) is 1. The number of phenols is 1. The van der Waals surface area contributed by atoms with Gasteiger partial charge < -0.3 is 10.0 Å². The highest BCUT2D eigenvalue weighted by molar-refractivity contribution is 5.60. The number of hydrogen-bond acceptors (Lipinski definition) is 2. The third-order valence-electron chi connectivity index (χ3n) is 2.20. The Balaban J connectivity index is 2.52. The number of hydrogen-bond donors (Lipinski definition) is 1. The topological polar surface area (TPSA) is 23.5 Å². The van der Waals surface area contributed by atoms with Crippen LogP contribution >= 0.6 is 0 Å². The van der Waals surface area contributed by atoms with E-state index < -0.39 is 0 Å². The minimum absolute atomic E-state index is 0.359. The van der Waals surface area contributed by atoms with Gasteiger partial charge in [-0.3, -0.25) is 0 Å². The average molecular weight is 149 g/mol. The van der Waals surface area contributed by atoms with Crippen molar-refractivity contribution in [2.24, 2.45) is 0 Å². The molecule has 1 heterocycles. The van der Waals surface area contributed by atoms with Gasteiger partial charge in [-0.15, -0.1) is 0 Å². The van der Waals surface area contributed by atoms with E-state index in [4.69, 9.17) is 0 Å². The first kappa shape index (κ1) is 6.53. The first-order valence-corrected chi connectivity index (χ1v) is 3.80. The molecule has 0 saturated carbocycles. The van der Waals surface area contributed by atoms with Gasteiger partial charge in [-0.2, -0.15) is 0 Å². The van der Waals surface area contributed by atoms with E-state index in [1.54, 1.807) is 6.07 Å². The summed E-state index contributed by atoms with van der Waals surface area (Å²) in [5, 5.41) is 9.19. The summed E-state index contributed by atoms with van der Waals surface area (Å²) in [6, 6.07) is 5.56. The van der Waals surface area contributed by atoms with Crippen LogP contribution in [0.25, 0.3) is 0 Å². The molecule has 1 N–H and O–H groups in total. The van der Waals surface area contributed by atoms with Crippen molar-refractivity contribution < 1.29 is 5.11 Å². The van der Waals surface area contributed by atoms with Crippen molar-refractivity contribution in [1.82, 2.24) is 0 Å². The van der Waals surface area contributed by atoms with Crippen LogP contribution in [0.2, 0.25) is 0 Å². The summed E-state index contributed by atoms with van der Waals surface area (Å²) >= 11 is 0. The average Bonchev–Trinajstić information content (AvgIpc) is 2.33. The first-order valence-electron chi connectivity index (χ1n) is 3.80. The van der Waals surface area contributed by atoms with E-state index >= 15 is 0 Å². The summed E-state index contributed by atoms with van der Waals surface area (Å²) in [4.78, 5) is 2.16. The number of nitrogens with zero attached hydrogens (tertiary/aromatic N) is 1. The maximum atomic E-state index is 9.19. The lowest BCUT2D eigenvalue weighted by Crippen LogP contribution is -2.12. The van der Waals surface area contributed by atoms with E-state index in [2.05, 4.69) is 4.90 Å². The second kappa shape index (κ2) is 2.16. The van der Waals surface area contributed by atoms with Crippen molar-refractivity contribution in [1.29, 1.82) is 0 Å². The number of anilines is 1. The predicted molar refractivity (Wildman–Crippen MR) is 45.1 cm³/mol. The Morgan fingerprint density at radius 3 is 3.09 bits per heavy atom. The molecule has 11 heavy (non-hydrogen) atoms. The molecule has 0 fully saturated rings. The Morgan fingerprint density at radius 2 is 2.27 bits per heavy atom. The number of fused-ring (bicyclic) bond motifs is 1. The summed E-state index contributed by atoms with van der Waals surface area (Å²) in [6.07, 6.45) is 1.10. The Morgan fingerprint density at radius 1 is 1.45 bits per heavy atom. The van der Waals surface area contributed by atoms with Gasteiger partial charge in [0, 0.05) is 25.3 Å². The summed E-state index contributed by atoms with van der Waals surface area (Å²) < 4.78 is 0. The molecule has 0 aromatic heterocycles. The zero-order chi connectivity index (χ0) is 7.84. The first-order chi connectivity index (χ1) is 5.27. The van der Waals surface area contributed by atoms with Gasteiger partial charge in [0.15, 0.2) is 0 Å². The number of aromatic hydroxyl groups is 1. The lowest BCUT2D eigenvalue weighted by atomic mass is 10.1. The molecule has 2 nitrogen and oxygen atoms in total. The largest absolute Gasteiger partial charge is 0.508 e. The van der Waals surface area contributed by atoms with E-state index in [0.29, 0.717) is 5.75 Å². The minimum Gasteiger partial charge on any atom is -0.508 e. The van der Waals surface area contributed by atoms with Crippen molar-refractivity contribution in [3.8, 4) is 5.75 Å². The van der Waals surface area contributed by atoms with Crippen molar-refractivity contribution in [3.05, 3.63) is 23.8 Å². The third kappa shape index (κ3) is 0.946. The number of rotatable bonds is 0. The zero-order valence-corrected chi connectivity index (χ0v) is 6.54. The Hall–Kier alpha value is -1.18. The van der Waals surface area contributed by atoms with Crippen molar-refractivity contribution in [3.63, 3.8) is 0 Å². The van der Waals surface area contributed by atoms with Crippen LogP contribution in [0.1, 0.15) is 5.56 Å². The fourth-order valence-corrected chi connectivity index (χ4v) is 1.53. The molecule has 0 radical (unpaired) electrons. The van der Waals surface area contributed by atoms with Gasteiger partial charge in [0.25, 0.3) is 0 Å². The summed E-state index contributed by atoms with van der Waals surface area (Å²) in [7, 11) is 2.05. The highest BCUT2D eigenvalue weighted by Crippen LogP contribution is 2.29. The van der Waals surface area contributed by atoms with E-state index in [1.807, 2.05) is 19.2 Å². The summed E-state index contributed by atoms with van der Waals surface area (Å²) in [5.41, 5.74) is 2.51. The Kier molecular flexibility index (Phi) is 1.28. The normalized spacial score (nSPS) is 15.2. The number of phenolic OH excluding ortho intramolecular Hbond substituents is 1. The number of benzene rings is 1. The van der Waals surface area contributed by atoms with Gasteiger partial charge >= 0.3 is 0 Å². The van der Waals surface area contributed by atoms with Crippen molar-refractivity contribution in [2.45, 2.75) is 6.42 Å². The molecule has 0 spiro atoms. The van der Waals surface area contributed by atoms with Gasteiger partial charge in [0.2, 0.25) is 0 Å². The fraction of sp³-hybridized carbons (Fsp3) is 0.333. The molecule has 0 bridgehead atoms.